The second-order valence-corrected chi connectivity index (χ2v) is 6.65. The average molecular weight is 332 g/mol. The first-order chi connectivity index (χ1) is 11.7. The van der Waals surface area contributed by atoms with E-state index < -0.39 is 0 Å². The van der Waals surface area contributed by atoms with Crippen LogP contribution in [0.4, 0.5) is 0 Å². The third-order valence-corrected chi connectivity index (χ3v) is 4.83. The molecule has 0 radical (unpaired) electrons. The Kier molecular flexibility index (Phi) is 8.10. The predicted octanol–water partition coefficient (Wildman–Crippen LogP) is 3.92. The molecule has 0 spiro atoms. The highest BCUT2D eigenvalue weighted by Gasteiger charge is 2.22. The third kappa shape index (κ3) is 5.82. The van der Waals surface area contributed by atoms with E-state index in [-0.39, 0.29) is 11.9 Å². The first-order valence-electron chi connectivity index (χ1n) is 9.39. The van der Waals surface area contributed by atoms with Gasteiger partial charge < -0.3 is 10.1 Å². The van der Waals surface area contributed by atoms with Gasteiger partial charge >= 0.3 is 0 Å². The van der Waals surface area contributed by atoms with Crippen molar-refractivity contribution in [1.82, 2.24) is 10.2 Å². The molecule has 0 bridgehead atoms. The number of hydrogen-bond donors (Lipinski definition) is 1. The molecule has 0 saturated carbocycles. The number of hydrogen-bond acceptors (Lipinski definition) is 3. The highest BCUT2D eigenvalue weighted by molar-refractivity contribution is 5.75. The summed E-state index contributed by atoms with van der Waals surface area (Å²) in [6.07, 6.45) is 7.77. The fraction of sp³-hybridized carbons (Fsp3) is 0.650. The molecule has 1 unspecified atom stereocenters. The van der Waals surface area contributed by atoms with Crippen molar-refractivity contribution in [3.63, 3.8) is 0 Å². The van der Waals surface area contributed by atoms with E-state index in [0.717, 1.165) is 31.7 Å². The van der Waals surface area contributed by atoms with Crippen LogP contribution in [0.3, 0.4) is 0 Å². The molecular formula is C20H32N2O2. The average Bonchev–Trinajstić information content (AvgIpc) is 2.90. The summed E-state index contributed by atoms with van der Waals surface area (Å²) in [6.45, 7) is 5.03. The molecule has 2 rings (SSSR count). The minimum atomic E-state index is 0.171. The molecule has 134 valence electrons. The van der Waals surface area contributed by atoms with Crippen LogP contribution in [0.2, 0.25) is 0 Å². The van der Waals surface area contributed by atoms with Crippen LogP contribution in [-0.2, 0) is 4.79 Å². The molecule has 24 heavy (non-hydrogen) atoms. The van der Waals surface area contributed by atoms with Crippen LogP contribution < -0.4 is 10.1 Å². The molecule has 0 aromatic heterocycles. The number of carbonyl (C=O) groups is 1. The molecule has 1 aliphatic rings. The third-order valence-electron chi connectivity index (χ3n) is 4.83. The van der Waals surface area contributed by atoms with Crippen LogP contribution in [-0.4, -0.2) is 37.6 Å². The van der Waals surface area contributed by atoms with E-state index in [1.54, 1.807) is 7.11 Å². The molecule has 1 amide bonds. The van der Waals surface area contributed by atoms with E-state index in [9.17, 15) is 4.79 Å². The van der Waals surface area contributed by atoms with Crippen molar-refractivity contribution in [1.29, 1.82) is 0 Å². The lowest BCUT2D eigenvalue weighted by Crippen LogP contribution is -2.38. The molecular weight excluding hydrogens is 300 g/mol. The van der Waals surface area contributed by atoms with Gasteiger partial charge in [-0.3, -0.25) is 9.69 Å². The molecule has 1 fully saturated rings. The maximum atomic E-state index is 12.0. The summed E-state index contributed by atoms with van der Waals surface area (Å²) in [4.78, 5) is 14.6. The number of unbranched alkanes of at least 4 members (excludes halogenated alkanes) is 1. The fourth-order valence-corrected chi connectivity index (χ4v) is 3.33. The van der Waals surface area contributed by atoms with Crippen molar-refractivity contribution < 1.29 is 9.53 Å². The van der Waals surface area contributed by atoms with Gasteiger partial charge in [0.25, 0.3) is 0 Å². The smallest absolute Gasteiger partial charge is 0.220 e. The molecule has 4 heteroatoms. The van der Waals surface area contributed by atoms with E-state index in [0.29, 0.717) is 13.0 Å². The molecule has 1 heterocycles. The van der Waals surface area contributed by atoms with Crippen LogP contribution in [0.15, 0.2) is 24.3 Å². The van der Waals surface area contributed by atoms with Crippen molar-refractivity contribution in [2.24, 2.45) is 0 Å². The van der Waals surface area contributed by atoms with Gasteiger partial charge in [-0.15, -0.1) is 0 Å². The Balaban J connectivity index is 2.05. The van der Waals surface area contributed by atoms with Crippen molar-refractivity contribution in [3.8, 4) is 5.75 Å². The Morgan fingerprint density at radius 3 is 2.42 bits per heavy atom. The van der Waals surface area contributed by atoms with Gasteiger partial charge in [0.1, 0.15) is 5.75 Å². The molecule has 1 aromatic rings. The second-order valence-electron chi connectivity index (χ2n) is 6.65. The summed E-state index contributed by atoms with van der Waals surface area (Å²) in [5, 5.41) is 3.15. The maximum absolute atomic E-state index is 12.0. The largest absolute Gasteiger partial charge is 0.497 e. The minimum Gasteiger partial charge on any atom is -0.497 e. The molecule has 1 aliphatic heterocycles. The van der Waals surface area contributed by atoms with E-state index in [1.165, 1.54) is 31.2 Å². The van der Waals surface area contributed by atoms with Crippen molar-refractivity contribution in [2.75, 3.05) is 26.7 Å². The predicted molar refractivity (Wildman–Crippen MR) is 98.3 cm³/mol. The Hall–Kier alpha value is -1.55. The quantitative estimate of drug-likeness (QED) is 0.784. The Morgan fingerprint density at radius 1 is 1.17 bits per heavy atom. The lowest BCUT2D eigenvalue weighted by Gasteiger charge is -2.31. The monoisotopic (exact) mass is 332 g/mol. The Bertz CT molecular complexity index is 479. The lowest BCUT2D eigenvalue weighted by molar-refractivity contribution is -0.121. The summed E-state index contributed by atoms with van der Waals surface area (Å²) in [7, 11) is 1.69. The number of amides is 1. The number of likely N-dealkylation sites (tertiary alicyclic amines) is 1. The number of ether oxygens (including phenoxy) is 1. The number of methoxy groups -OCH3 is 1. The van der Waals surface area contributed by atoms with E-state index in [1.807, 2.05) is 12.1 Å². The van der Waals surface area contributed by atoms with E-state index >= 15 is 0 Å². The summed E-state index contributed by atoms with van der Waals surface area (Å²) >= 11 is 0. The minimum absolute atomic E-state index is 0.171. The zero-order valence-electron chi connectivity index (χ0n) is 15.2. The van der Waals surface area contributed by atoms with Gasteiger partial charge in [-0.05, 0) is 50.0 Å². The van der Waals surface area contributed by atoms with Crippen LogP contribution in [0, 0.1) is 0 Å². The molecule has 1 aromatic carbocycles. The second kappa shape index (κ2) is 10.3. The topological polar surface area (TPSA) is 41.6 Å². The Morgan fingerprint density at radius 2 is 1.83 bits per heavy atom. The summed E-state index contributed by atoms with van der Waals surface area (Å²) < 4.78 is 5.27. The first-order valence-corrected chi connectivity index (χ1v) is 9.39. The molecule has 1 N–H and O–H groups in total. The van der Waals surface area contributed by atoms with Crippen LogP contribution in [0.25, 0.3) is 0 Å². The number of carbonyl (C=O) groups excluding carboxylic acids is 1. The highest BCUT2D eigenvalue weighted by Crippen LogP contribution is 2.25. The SMILES string of the molecule is CCCCC(=O)NCC(c1ccc(OC)cc1)N1CCCCCC1. The van der Waals surface area contributed by atoms with Crippen LogP contribution in [0.1, 0.15) is 63.5 Å². The van der Waals surface area contributed by atoms with Crippen molar-refractivity contribution >= 4 is 5.91 Å². The Labute approximate surface area is 146 Å². The maximum Gasteiger partial charge on any atom is 0.220 e. The van der Waals surface area contributed by atoms with Crippen molar-refractivity contribution in [3.05, 3.63) is 29.8 Å². The summed E-state index contributed by atoms with van der Waals surface area (Å²) in [6, 6.07) is 8.54. The standard InChI is InChI=1S/C20H32N2O2/c1-3-4-9-20(23)21-16-19(22-14-7-5-6-8-15-22)17-10-12-18(24-2)13-11-17/h10-13,19H,3-9,14-16H2,1-2H3,(H,21,23). The van der Waals surface area contributed by atoms with Gasteiger partial charge in [0.15, 0.2) is 0 Å². The van der Waals surface area contributed by atoms with Gasteiger partial charge in [-0.1, -0.05) is 38.3 Å². The van der Waals surface area contributed by atoms with Gasteiger partial charge in [0, 0.05) is 13.0 Å². The first kappa shape index (κ1) is 18.8. The van der Waals surface area contributed by atoms with Gasteiger partial charge in [-0.2, -0.15) is 0 Å². The van der Waals surface area contributed by atoms with Gasteiger partial charge in [0.2, 0.25) is 5.91 Å². The molecule has 1 atom stereocenters. The number of benzene rings is 1. The van der Waals surface area contributed by atoms with E-state index in [4.69, 9.17) is 4.74 Å². The summed E-state index contributed by atoms with van der Waals surface area (Å²) in [5.41, 5.74) is 1.26. The number of nitrogens with one attached hydrogen (secondary N) is 1. The lowest BCUT2D eigenvalue weighted by atomic mass is 10.0. The zero-order valence-corrected chi connectivity index (χ0v) is 15.2. The molecule has 1 saturated heterocycles. The molecule has 4 nitrogen and oxygen atoms in total. The van der Waals surface area contributed by atoms with Crippen LogP contribution in [0.5, 0.6) is 5.75 Å². The number of rotatable bonds is 8. The molecule has 0 aliphatic carbocycles. The zero-order chi connectivity index (χ0) is 17.2. The highest BCUT2D eigenvalue weighted by atomic mass is 16.5. The normalized spacial score (nSPS) is 17.1. The fourth-order valence-electron chi connectivity index (χ4n) is 3.33. The van der Waals surface area contributed by atoms with E-state index in [2.05, 4.69) is 29.3 Å². The summed E-state index contributed by atoms with van der Waals surface area (Å²) in [5.74, 6) is 1.05. The van der Waals surface area contributed by atoms with Crippen LogP contribution >= 0.6 is 0 Å². The van der Waals surface area contributed by atoms with Gasteiger partial charge in [0.05, 0.1) is 13.2 Å². The number of nitrogens with zero attached hydrogens (tertiary/aromatic N) is 1. The van der Waals surface area contributed by atoms with Gasteiger partial charge in [-0.25, -0.2) is 0 Å². The van der Waals surface area contributed by atoms with Crippen molar-refractivity contribution in [2.45, 2.75) is 57.9 Å².